The van der Waals surface area contributed by atoms with Gasteiger partial charge >= 0.3 is 12.7 Å². The number of halogens is 7. The monoisotopic (exact) mass is 462 g/mol. The zero-order valence-corrected chi connectivity index (χ0v) is 14.1. The number of hydrogen-bond donors (Lipinski definition) is 0. The first-order valence-electron chi connectivity index (χ1n) is 6.37. The van der Waals surface area contributed by atoms with E-state index in [9.17, 15) is 26.3 Å². The van der Waals surface area contributed by atoms with Gasteiger partial charge in [0.1, 0.15) is 11.5 Å². The van der Waals surface area contributed by atoms with Crippen LogP contribution >= 0.6 is 22.6 Å². The Balaban J connectivity index is 2.42. The van der Waals surface area contributed by atoms with E-state index in [2.05, 4.69) is 9.47 Å². The molecule has 24 heavy (non-hydrogen) atoms. The van der Waals surface area contributed by atoms with Gasteiger partial charge in [0.05, 0.1) is 3.57 Å². The van der Waals surface area contributed by atoms with E-state index in [0.29, 0.717) is 0 Å². The topological polar surface area (TPSA) is 18.5 Å². The summed E-state index contributed by atoms with van der Waals surface area (Å²) in [5.74, 6) is -0.851. The molecule has 0 unspecified atom stereocenters. The first kappa shape index (κ1) is 18.7. The summed E-state index contributed by atoms with van der Waals surface area (Å²) in [6.07, 6.45) is -9.73. The lowest BCUT2D eigenvalue weighted by atomic mass is 10.0. The van der Waals surface area contributed by atoms with Crippen LogP contribution in [0.1, 0.15) is 5.56 Å². The zero-order valence-electron chi connectivity index (χ0n) is 11.9. The Bertz CT molecular complexity index is 676. The zero-order chi connectivity index (χ0) is 18.1. The van der Waals surface area contributed by atoms with Crippen LogP contribution in [-0.4, -0.2) is 12.7 Å². The maximum atomic E-state index is 12.4. The number of rotatable bonds is 3. The van der Waals surface area contributed by atoms with Gasteiger partial charge in [0.25, 0.3) is 0 Å². The van der Waals surface area contributed by atoms with E-state index in [4.69, 9.17) is 0 Å². The smallest absolute Gasteiger partial charge is 0.405 e. The second-order valence-electron chi connectivity index (χ2n) is 4.72. The van der Waals surface area contributed by atoms with Crippen molar-refractivity contribution in [2.75, 3.05) is 0 Å². The van der Waals surface area contributed by atoms with Crippen LogP contribution in [0.4, 0.5) is 26.3 Å². The number of benzene rings is 2. The molecule has 0 aliphatic rings. The molecule has 0 radical (unpaired) electrons. The third kappa shape index (κ3) is 5.18. The van der Waals surface area contributed by atoms with E-state index in [1.54, 1.807) is 22.6 Å². The van der Waals surface area contributed by atoms with Crippen molar-refractivity contribution < 1.29 is 35.8 Å². The lowest BCUT2D eigenvalue weighted by Gasteiger charge is -2.14. The molecule has 2 aromatic rings. The van der Waals surface area contributed by atoms with E-state index in [0.717, 1.165) is 12.1 Å². The highest BCUT2D eigenvalue weighted by Gasteiger charge is 2.33. The van der Waals surface area contributed by atoms with Crippen molar-refractivity contribution in [2.45, 2.75) is 19.6 Å². The van der Waals surface area contributed by atoms with Gasteiger partial charge in [-0.2, -0.15) is 0 Å². The number of aryl methyl sites for hydroxylation is 1. The SMILES string of the molecule is Cc1ccc(-c2ccc(I)c(OC(F)(F)F)c2)cc1OC(F)(F)F. The molecule has 0 atom stereocenters. The second kappa shape index (κ2) is 6.69. The van der Waals surface area contributed by atoms with Crippen molar-refractivity contribution >= 4 is 22.6 Å². The van der Waals surface area contributed by atoms with Crippen LogP contribution in [0.25, 0.3) is 11.1 Å². The maximum Gasteiger partial charge on any atom is 0.573 e. The Morgan fingerprint density at radius 1 is 0.750 bits per heavy atom. The Hall–Kier alpha value is -1.65. The van der Waals surface area contributed by atoms with Crippen LogP contribution in [0.3, 0.4) is 0 Å². The summed E-state index contributed by atoms with van der Waals surface area (Å²) in [7, 11) is 0. The summed E-state index contributed by atoms with van der Waals surface area (Å²) in [6, 6.07) is 7.95. The number of hydrogen-bond acceptors (Lipinski definition) is 2. The average Bonchev–Trinajstić information content (AvgIpc) is 2.41. The van der Waals surface area contributed by atoms with Gasteiger partial charge in [-0.1, -0.05) is 18.2 Å². The third-order valence-electron chi connectivity index (χ3n) is 2.90. The van der Waals surface area contributed by atoms with Gasteiger partial charge in [0, 0.05) is 0 Å². The van der Waals surface area contributed by atoms with E-state index < -0.39 is 24.2 Å². The van der Waals surface area contributed by atoms with Gasteiger partial charge in [0.2, 0.25) is 0 Å². The van der Waals surface area contributed by atoms with Crippen LogP contribution in [0.2, 0.25) is 0 Å². The molecule has 2 nitrogen and oxygen atoms in total. The van der Waals surface area contributed by atoms with E-state index in [-0.39, 0.29) is 20.3 Å². The van der Waals surface area contributed by atoms with Crippen molar-refractivity contribution in [3.8, 4) is 22.6 Å². The second-order valence-corrected chi connectivity index (χ2v) is 5.88. The van der Waals surface area contributed by atoms with Gasteiger partial charge < -0.3 is 9.47 Å². The number of alkyl halides is 6. The molecule has 0 aliphatic heterocycles. The average molecular weight is 462 g/mol. The molecule has 0 amide bonds. The summed E-state index contributed by atoms with van der Waals surface area (Å²) >= 11 is 1.67. The minimum absolute atomic E-state index is 0.215. The van der Waals surface area contributed by atoms with Crippen LogP contribution in [0.15, 0.2) is 36.4 Å². The van der Waals surface area contributed by atoms with Crippen molar-refractivity contribution in [1.82, 2.24) is 0 Å². The molecule has 9 heteroatoms. The summed E-state index contributed by atoms with van der Waals surface area (Å²) in [6.45, 7) is 1.43. The molecular weight excluding hydrogens is 453 g/mol. The molecule has 2 aromatic carbocycles. The Labute approximate surface area is 146 Å². The summed E-state index contributed by atoms with van der Waals surface area (Å²) in [5, 5.41) is 0. The molecule has 0 saturated heterocycles. The first-order valence-corrected chi connectivity index (χ1v) is 7.44. The molecule has 0 aliphatic carbocycles. The molecule has 0 fully saturated rings. The van der Waals surface area contributed by atoms with Gasteiger partial charge in [-0.15, -0.1) is 26.3 Å². The van der Waals surface area contributed by atoms with Crippen LogP contribution in [-0.2, 0) is 0 Å². The molecule has 130 valence electrons. The summed E-state index contributed by atoms with van der Waals surface area (Å²) in [5.41, 5.74) is 0.776. The van der Waals surface area contributed by atoms with Gasteiger partial charge in [-0.25, -0.2) is 0 Å². The highest BCUT2D eigenvalue weighted by atomic mass is 127. The normalized spacial score (nSPS) is 12.2. The highest BCUT2D eigenvalue weighted by molar-refractivity contribution is 14.1. The third-order valence-corrected chi connectivity index (χ3v) is 3.80. The fourth-order valence-corrected chi connectivity index (χ4v) is 2.35. The number of ether oxygens (including phenoxy) is 2. The Morgan fingerprint density at radius 2 is 1.21 bits per heavy atom. The predicted octanol–water partition coefficient (Wildman–Crippen LogP) is 6.06. The van der Waals surface area contributed by atoms with Crippen molar-refractivity contribution in [3.05, 3.63) is 45.5 Å². The van der Waals surface area contributed by atoms with Crippen LogP contribution in [0.5, 0.6) is 11.5 Å². The van der Waals surface area contributed by atoms with Crippen molar-refractivity contribution in [2.24, 2.45) is 0 Å². The van der Waals surface area contributed by atoms with E-state index >= 15 is 0 Å². The molecule has 0 N–H and O–H groups in total. The predicted molar refractivity (Wildman–Crippen MR) is 82.7 cm³/mol. The Kier molecular flexibility index (Phi) is 5.21. The van der Waals surface area contributed by atoms with E-state index in [1.807, 2.05) is 0 Å². The van der Waals surface area contributed by atoms with Crippen LogP contribution < -0.4 is 9.47 Å². The quantitative estimate of drug-likeness (QED) is 0.408. The lowest BCUT2D eigenvalue weighted by molar-refractivity contribution is -0.276. The molecule has 0 saturated carbocycles. The largest absolute Gasteiger partial charge is 0.573 e. The van der Waals surface area contributed by atoms with E-state index in [1.165, 1.54) is 31.2 Å². The standard InChI is InChI=1S/C15H9F6IO2/c1-8-2-3-9(6-12(8)23-14(16,17)18)10-4-5-11(22)13(7-10)24-15(19,20)21/h2-7H,1H3. The molecule has 0 aromatic heterocycles. The minimum Gasteiger partial charge on any atom is -0.405 e. The fraction of sp³-hybridized carbons (Fsp3) is 0.200. The first-order chi connectivity index (χ1) is 10.9. The Morgan fingerprint density at radius 3 is 1.75 bits per heavy atom. The van der Waals surface area contributed by atoms with Crippen molar-refractivity contribution in [1.29, 1.82) is 0 Å². The minimum atomic E-state index is -4.86. The maximum absolute atomic E-state index is 12.4. The molecular formula is C15H9F6IO2. The molecule has 0 spiro atoms. The van der Waals surface area contributed by atoms with Gasteiger partial charge in [0.15, 0.2) is 0 Å². The van der Waals surface area contributed by atoms with Gasteiger partial charge in [-0.05, 0) is 64.4 Å². The molecule has 0 bridgehead atoms. The lowest BCUT2D eigenvalue weighted by Crippen LogP contribution is -2.18. The van der Waals surface area contributed by atoms with Crippen LogP contribution in [0, 0.1) is 10.5 Å². The summed E-state index contributed by atoms with van der Waals surface area (Å²) < 4.78 is 82.4. The summed E-state index contributed by atoms with van der Waals surface area (Å²) in [4.78, 5) is 0. The molecule has 0 heterocycles. The highest BCUT2D eigenvalue weighted by Crippen LogP contribution is 2.35. The van der Waals surface area contributed by atoms with Gasteiger partial charge in [-0.3, -0.25) is 0 Å². The molecule has 2 rings (SSSR count). The van der Waals surface area contributed by atoms with Crippen molar-refractivity contribution in [3.63, 3.8) is 0 Å². The fourth-order valence-electron chi connectivity index (χ4n) is 1.90.